The van der Waals surface area contributed by atoms with Gasteiger partial charge < -0.3 is 30.7 Å². The lowest BCUT2D eigenvalue weighted by Gasteiger charge is -2.24. The van der Waals surface area contributed by atoms with Gasteiger partial charge in [-0.1, -0.05) is 11.8 Å². The van der Waals surface area contributed by atoms with Crippen molar-refractivity contribution in [2.75, 3.05) is 12.5 Å². The standard InChI is InChI=1S/C8H14N2O4S/c9-5-1-10(3-15-5)8-7(13)6(12)4(2-11)14-8/h1,4,6-8,11-13H,2-3,9H2/t4-,6-,7-,8-/m1/s1. The van der Waals surface area contributed by atoms with Crippen molar-refractivity contribution >= 4 is 11.8 Å². The van der Waals surface area contributed by atoms with Gasteiger partial charge in [-0.15, -0.1) is 0 Å². The summed E-state index contributed by atoms with van der Waals surface area (Å²) in [6.07, 6.45) is -1.77. The lowest BCUT2D eigenvalue weighted by molar-refractivity contribution is -0.0729. The van der Waals surface area contributed by atoms with E-state index in [9.17, 15) is 10.2 Å². The summed E-state index contributed by atoms with van der Waals surface area (Å²) in [6, 6.07) is 0. The largest absolute Gasteiger partial charge is 0.394 e. The third kappa shape index (κ3) is 1.93. The monoisotopic (exact) mass is 234 g/mol. The van der Waals surface area contributed by atoms with Crippen molar-refractivity contribution < 1.29 is 20.1 Å². The number of thioether (sulfide) groups is 1. The molecule has 1 saturated heterocycles. The van der Waals surface area contributed by atoms with Gasteiger partial charge in [-0.3, -0.25) is 0 Å². The Hall–Kier alpha value is -0.470. The van der Waals surface area contributed by atoms with E-state index >= 15 is 0 Å². The molecule has 0 spiro atoms. The quantitative estimate of drug-likeness (QED) is 0.447. The zero-order valence-electron chi connectivity index (χ0n) is 7.98. The van der Waals surface area contributed by atoms with Crippen LogP contribution in [0.25, 0.3) is 0 Å². The maximum absolute atomic E-state index is 9.70. The van der Waals surface area contributed by atoms with Gasteiger partial charge in [0.15, 0.2) is 6.23 Å². The molecule has 0 amide bonds. The Kier molecular flexibility index (Phi) is 3.08. The van der Waals surface area contributed by atoms with Crippen LogP contribution in [0, 0.1) is 0 Å². The molecule has 2 rings (SSSR count). The Morgan fingerprint density at radius 3 is 2.73 bits per heavy atom. The number of hydrogen-bond donors (Lipinski definition) is 4. The number of aliphatic hydroxyl groups is 3. The normalized spacial score (nSPS) is 41.0. The molecule has 0 aromatic carbocycles. The average Bonchev–Trinajstić information content (AvgIpc) is 2.74. The molecule has 0 aliphatic carbocycles. The Bertz CT molecular complexity index is 275. The van der Waals surface area contributed by atoms with E-state index in [1.54, 1.807) is 11.1 Å². The second kappa shape index (κ2) is 4.18. The number of aliphatic hydroxyl groups excluding tert-OH is 3. The van der Waals surface area contributed by atoms with Gasteiger partial charge in [-0.25, -0.2) is 0 Å². The molecule has 86 valence electrons. The van der Waals surface area contributed by atoms with Crippen LogP contribution in [0.5, 0.6) is 0 Å². The summed E-state index contributed by atoms with van der Waals surface area (Å²) in [5.74, 6) is 0.582. The highest BCUT2D eigenvalue weighted by molar-refractivity contribution is 8.03. The van der Waals surface area contributed by atoms with Gasteiger partial charge in [0.05, 0.1) is 17.5 Å². The molecule has 1 fully saturated rings. The Morgan fingerprint density at radius 2 is 2.27 bits per heavy atom. The summed E-state index contributed by atoms with van der Waals surface area (Å²) in [5.41, 5.74) is 5.57. The van der Waals surface area contributed by atoms with E-state index in [1.807, 2.05) is 0 Å². The van der Waals surface area contributed by atoms with Gasteiger partial charge in [0.2, 0.25) is 0 Å². The molecule has 0 radical (unpaired) electrons. The lowest BCUT2D eigenvalue weighted by atomic mass is 10.1. The van der Waals surface area contributed by atoms with Gasteiger partial charge in [0, 0.05) is 6.20 Å². The second-order valence-corrected chi connectivity index (χ2v) is 4.57. The molecule has 2 aliphatic rings. The minimum absolute atomic E-state index is 0.311. The van der Waals surface area contributed by atoms with E-state index in [-0.39, 0.29) is 6.61 Å². The molecule has 0 aromatic rings. The molecule has 0 saturated carbocycles. The molecule has 2 heterocycles. The summed E-state index contributed by atoms with van der Waals surface area (Å²) in [4.78, 5) is 1.71. The minimum Gasteiger partial charge on any atom is -0.394 e. The molecule has 0 bridgehead atoms. The van der Waals surface area contributed by atoms with Gasteiger partial charge in [-0.2, -0.15) is 0 Å². The molecule has 0 aromatic heterocycles. The van der Waals surface area contributed by atoms with Crippen LogP contribution in [0.4, 0.5) is 0 Å². The van der Waals surface area contributed by atoms with Crippen molar-refractivity contribution in [3.05, 3.63) is 11.2 Å². The first-order valence-electron chi connectivity index (χ1n) is 4.62. The third-order valence-electron chi connectivity index (χ3n) is 2.52. The zero-order chi connectivity index (χ0) is 11.0. The predicted molar refractivity (Wildman–Crippen MR) is 54.3 cm³/mol. The van der Waals surface area contributed by atoms with Crippen LogP contribution in [-0.4, -0.2) is 57.2 Å². The Morgan fingerprint density at radius 1 is 1.53 bits per heavy atom. The summed E-state index contributed by atoms with van der Waals surface area (Å²) in [5, 5.41) is 28.8. The molecule has 6 nitrogen and oxygen atoms in total. The van der Waals surface area contributed by atoms with Crippen LogP contribution >= 0.6 is 11.8 Å². The maximum Gasteiger partial charge on any atom is 0.159 e. The van der Waals surface area contributed by atoms with E-state index in [1.165, 1.54) is 11.8 Å². The molecular weight excluding hydrogens is 220 g/mol. The highest BCUT2D eigenvalue weighted by Crippen LogP contribution is 2.30. The average molecular weight is 234 g/mol. The highest BCUT2D eigenvalue weighted by atomic mass is 32.2. The van der Waals surface area contributed by atoms with E-state index in [4.69, 9.17) is 15.6 Å². The number of hydrogen-bond acceptors (Lipinski definition) is 7. The zero-order valence-corrected chi connectivity index (χ0v) is 8.80. The van der Waals surface area contributed by atoms with Crippen molar-refractivity contribution in [3.8, 4) is 0 Å². The molecule has 15 heavy (non-hydrogen) atoms. The molecule has 7 heteroatoms. The topological polar surface area (TPSA) is 99.2 Å². The van der Waals surface area contributed by atoms with Crippen molar-refractivity contribution in [2.45, 2.75) is 24.5 Å². The van der Waals surface area contributed by atoms with Gasteiger partial charge in [0.1, 0.15) is 18.3 Å². The number of nitrogens with two attached hydrogens (primary N) is 1. The fraction of sp³-hybridized carbons (Fsp3) is 0.750. The summed E-state index contributed by atoms with van der Waals surface area (Å²) < 4.78 is 5.33. The Balaban J connectivity index is 2.05. The van der Waals surface area contributed by atoms with Crippen molar-refractivity contribution in [3.63, 3.8) is 0 Å². The first-order valence-corrected chi connectivity index (χ1v) is 5.60. The third-order valence-corrected chi connectivity index (χ3v) is 3.38. The number of nitrogens with zero attached hydrogens (tertiary/aromatic N) is 1. The number of ether oxygens (including phenoxy) is 1. The molecule has 0 unspecified atom stereocenters. The van der Waals surface area contributed by atoms with Gasteiger partial charge >= 0.3 is 0 Å². The summed E-state index contributed by atoms with van der Waals surface area (Å²) >= 11 is 1.43. The predicted octanol–water partition coefficient (Wildman–Crippen LogP) is -1.81. The smallest absolute Gasteiger partial charge is 0.159 e. The van der Waals surface area contributed by atoms with E-state index in [2.05, 4.69) is 0 Å². The lowest BCUT2D eigenvalue weighted by Crippen LogP contribution is -2.40. The molecule has 5 N–H and O–H groups in total. The summed E-state index contributed by atoms with van der Waals surface area (Å²) in [6.45, 7) is -0.311. The number of rotatable bonds is 2. The van der Waals surface area contributed by atoms with Crippen LogP contribution in [-0.2, 0) is 4.74 Å². The van der Waals surface area contributed by atoms with E-state index in [0.717, 1.165) is 0 Å². The van der Waals surface area contributed by atoms with Crippen molar-refractivity contribution in [1.82, 2.24) is 4.90 Å². The van der Waals surface area contributed by atoms with Gasteiger partial charge in [-0.05, 0) is 0 Å². The van der Waals surface area contributed by atoms with E-state index < -0.39 is 24.5 Å². The molecular formula is C8H14N2O4S. The first kappa shape index (κ1) is 11.0. The van der Waals surface area contributed by atoms with Crippen LogP contribution in [0.1, 0.15) is 0 Å². The van der Waals surface area contributed by atoms with Gasteiger partial charge in [0.25, 0.3) is 0 Å². The molecule has 2 aliphatic heterocycles. The highest BCUT2D eigenvalue weighted by Gasteiger charge is 2.45. The second-order valence-electron chi connectivity index (χ2n) is 3.55. The maximum atomic E-state index is 9.70. The first-order chi connectivity index (χ1) is 7.13. The molecule has 4 atom stereocenters. The SMILES string of the molecule is NC1=CN([C@@H]2O[C@H](CO)[C@@H](O)[C@H]2O)CS1. The van der Waals surface area contributed by atoms with Crippen LogP contribution in [0.2, 0.25) is 0 Å². The Labute approximate surface area is 91.3 Å². The summed E-state index contributed by atoms with van der Waals surface area (Å²) in [7, 11) is 0. The fourth-order valence-electron chi connectivity index (χ4n) is 1.69. The van der Waals surface area contributed by atoms with E-state index in [0.29, 0.717) is 10.9 Å². The minimum atomic E-state index is -1.06. The van der Waals surface area contributed by atoms with Crippen LogP contribution in [0.3, 0.4) is 0 Å². The van der Waals surface area contributed by atoms with Crippen LogP contribution < -0.4 is 5.73 Å². The van der Waals surface area contributed by atoms with Crippen molar-refractivity contribution in [1.29, 1.82) is 0 Å². The van der Waals surface area contributed by atoms with Crippen LogP contribution in [0.15, 0.2) is 11.2 Å². The fourth-order valence-corrected chi connectivity index (χ4v) is 2.42. The van der Waals surface area contributed by atoms with Crippen molar-refractivity contribution in [2.24, 2.45) is 5.73 Å².